The molecule has 0 bridgehead atoms. The zero-order valence-corrected chi connectivity index (χ0v) is 10.9. The maximum absolute atomic E-state index is 12.1. The molecule has 1 fully saturated rings. The number of aryl methyl sites for hydroxylation is 1. The quantitative estimate of drug-likeness (QED) is 0.845. The van der Waals surface area contributed by atoms with E-state index in [4.69, 9.17) is 5.73 Å². The van der Waals surface area contributed by atoms with E-state index < -0.39 is 0 Å². The van der Waals surface area contributed by atoms with Crippen LogP contribution in [0.3, 0.4) is 0 Å². The molecule has 1 aromatic heterocycles. The molecule has 1 aliphatic carbocycles. The number of aromatic nitrogens is 2. The largest absolute Gasteiger partial charge is 0.361 e. The Morgan fingerprint density at radius 2 is 2.28 bits per heavy atom. The Morgan fingerprint density at radius 1 is 1.50 bits per heavy atom. The number of anilines is 1. The molecule has 1 heterocycles. The molecule has 0 amide bonds. The fourth-order valence-electron chi connectivity index (χ4n) is 2.48. The molecule has 0 aromatic carbocycles. The number of rotatable bonds is 4. The van der Waals surface area contributed by atoms with E-state index in [0.29, 0.717) is 5.82 Å². The van der Waals surface area contributed by atoms with Crippen LogP contribution < -0.4 is 16.6 Å². The van der Waals surface area contributed by atoms with Gasteiger partial charge in [-0.1, -0.05) is 19.8 Å². The number of nitrogens with two attached hydrogens (primary N) is 1. The van der Waals surface area contributed by atoms with Crippen molar-refractivity contribution in [3.05, 3.63) is 22.7 Å². The molecule has 5 heteroatoms. The SMILES string of the molecule is CCCn1ccnc(N[C@@H]2CCCC[C@H]2N)c1=O. The molecule has 100 valence electrons. The van der Waals surface area contributed by atoms with Gasteiger partial charge in [0.05, 0.1) is 0 Å². The minimum atomic E-state index is -0.0443. The third-order valence-corrected chi connectivity index (χ3v) is 3.52. The Kier molecular flexibility index (Phi) is 4.36. The van der Waals surface area contributed by atoms with Gasteiger partial charge in [-0.3, -0.25) is 4.79 Å². The summed E-state index contributed by atoms with van der Waals surface area (Å²) >= 11 is 0. The van der Waals surface area contributed by atoms with E-state index in [-0.39, 0.29) is 17.6 Å². The zero-order valence-electron chi connectivity index (χ0n) is 10.9. The summed E-state index contributed by atoms with van der Waals surface area (Å²) in [7, 11) is 0. The molecule has 18 heavy (non-hydrogen) atoms. The summed E-state index contributed by atoms with van der Waals surface area (Å²) in [6.45, 7) is 2.78. The fourth-order valence-corrected chi connectivity index (χ4v) is 2.48. The van der Waals surface area contributed by atoms with Crippen molar-refractivity contribution >= 4 is 5.82 Å². The van der Waals surface area contributed by atoms with E-state index >= 15 is 0 Å². The van der Waals surface area contributed by atoms with Gasteiger partial charge < -0.3 is 15.6 Å². The van der Waals surface area contributed by atoms with Crippen LogP contribution >= 0.6 is 0 Å². The maximum atomic E-state index is 12.1. The van der Waals surface area contributed by atoms with Crippen molar-refractivity contribution < 1.29 is 0 Å². The summed E-state index contributed by atoms with van der Waals surface area (Å²) < 4.78 is 1.70. The Bertz CT molecular complexity index is 443. The molecule has 5 nitrogen and oxygen atoms in total. The number of hydrogen-bond donors (Lipinski definition) is 2. The van der Waals surface area contributed by atoms with E-state index in [1.54, 1.807) is 17.0 Å². The lowest BCUT2D eigenvalue weighted by atomic mass is 9.91. The molecule has 1 aromatic rings. The highest BCUT2D eigenvalue weighted by atomic mass is 16.1. The van der Waals surface area contributed by atoms with E-state index in [2.05, 4.69) is 17.2 Å². The summed E-state index contributed by atoms with van der Waals surface area (Å²) in [5.74, 6) is 0.438. The average Bonchev–Trinajstić information content (AvgIpc) is 2.37. The first kappa shape index (κ1) is 13.1. The topological polar surface area (TPSA) is 72.9 Å². The van der Waals surface area contributed by atoms with E-state index in [9.17, 15) is 4.79 Å². The average molecular weight is 250 g/mol. The lowest BCUT2D eigenvalue weighted by Gasteiger charge is -2.29. The first-order valence-electron chi connectivity index (χ1n) is 6.80. The highest BCUT2D eigenvalue weighted by molar-refractivity contribution is 5.33. The van der Waals surface area contributed by atoms with E-state index in [1.165, 1.54) is 12.8 Å². The molecular formula is C13H22N4O. The summed E-state index contributed by atoms with van der Waals surface area (Å²) in [6, 6.07) is 0.302. The predicted octanol–water partition coefficient (Wildman–Crippen LogP) is 1.34. The predicted molar refractivity (Wildman–Crippen MR) is 72.6 cm³/mol. The summed E-state index contributed by atoms with van der Waals surface area (Å²) in [6.07, 6.45) is 8.74. The lowest BCUT2D eigenvalue weighted by molar-refractivity contribution is 0.402. The minimum absolute atomic E-state index is 0.0443. The third kappa shape index (κ3) is 2.90. The van der Waals surface area contributed by atoms with Gasteiger partial charge >= 0.3 is 0 Å². The lowest BCUT2D eigenvalue weighted by Crippen LogP contribution is -2.44. The van der Waals surface area contributed by atoms with Gasteiger partial charge in [-0.15, -0.1) is 0 Å². The van der Waals surface area contributed by atoms with Crippen molar-refractivity contribution in [3.63, 3.8) is 0 Å². The van der Waals surface area contributed by atoms with Gasteiger partial charge in [0, 0.05) is 31.0 Å². The molecule has 0 aliphatic heterocycles. The fraction of sp³-hybridized carbons (Fsp3) is 0.692. The Morgan fingerprint density at radius 3 is 3.00 bits per heavy atom. The zero-order chi connectivity index (χ0) is 13.0. The van der Waals surface area contributed by atoms with Crippen LogP contribution in [0.5, 0.6) is 0 Å². The number of hydrogen-bond acceptors (Lipinski definition) is 4. The van der Waals surface area contributed by atoms with Gasteiger partial charge in [-0.2, -0.15) is 0 Å². The van der Waals surface area contributed by atoms with Crippen molar-refractivity contribution in [3.8, 4) is 0 Å². The highest BCUT2D eigenvalue weighted by Gasteiger charge is 2.22. The second kappa shape index (κ2) is 6.00. The van der Waals surface area contributed by atoms with Crippen molar-refractivity contribution in [2.45, 2.75) is 57.7 Å². The van der Waals surface area contributed by atoms with Crippen LogP contribution in [0.1, 0.15) is 39.0 Å². The second-order valence-corrected chi connectivity index (χ2v) is 4.97. The van der Waals surface area contributed by atoms with Gasteiger partial charge in [0.15, 0.2) is 5.82 Å². The Hall–Kier alpha value is -1.36. The normalized spacial score (nSPS) is 23.9. The number of nitrogens with one attached hydrogen (secondary N) is 1. The first-order valence-corrected chi connectivity index (χ1v) is 6.80. The second-order valence-electron chi connectivity index (χ2n) is 4.97. The molecule has 0 spiro atoms. The molecule has 2 rings (SSSR count). The third-order valence-electron chi connectivity index (χ3n) is 3.52. The van der Waals surface area contributed by atoms with Crippen LogP contribution in [-0.2, 0) is 6.54 Å². The molecule has 0 unspecified atom stereocenters. The molecule has 0 saturated heterocycles. The Balaban J connectivity index is 2.13. The molecule has 3 N–H and O–H groups in total. The summed E-state index contributed by atoms with van der Waals surface area (Å²) in [4.78, 5) is 16.3. The van der Waals surface area contributed by atoms with Crippen molar-refractivity contribution in [2.75, 3.05) is 5.32 Å². The maximum Gasteiger partial charge on any atom is 0.293 e. The van der Waals surface area contributed by atoms with Gasteiger partial charge in [-0.05, 0) is 19.3 Å². The van der Waals surface area contributed by atoms with Crippen LogP contribution in [-0.4, -0.2) is 21.6 Å². The van der Waals surface area contributed by atoms with Crippen LogP contribution in [0.2, 0.25) is 0 Å². The van der Waals surface area contributed by atoms with Crippen molar-refractivity contribution in [1.82, 2.24) is 9.55 Å². The van der Waals surface area contributed by atoms with Crippen LogP contribution in [0.4, 0.5) is 5.82 Å². The first-order chi connectivity index (χ1) is 8.72. The van der Waals surface area contributed by atoms with Crippen molar-refractivity contribution in [2.24, 2.45) is 5.73 Å². The number of nitrogens with zero attached hydrogens (tertiary/aromatic N) is 2. The molecule has 1 saturated carbocycles. The van der Waals surface area contributed by atoms with E-state index in [0.717, 1.165) is 25.8 Å². The minimum Gasteiger partial charge on any atom is -0.361 e. The van der Waals surface area contributed by atoms with Crippen LogP contribution in [0.25, 0.3) is 0 Å². The standard InChI is InChI=1S/C13H22N4O/c1-2-8-17-9-7-15-12(13(17)18)16-11-6-4-3-5-10(11)14/h7,9-11H,2-6,8,14H2,1H3,(H,15,16)/t10-,11-/m1/s1. The summed E-state index contributed by atoms with van der Waals surface area (Å²) in [5, 5.41) is 3.23. The smallest absolute Gasteiger partial charge is 0.293 e. The van der Waals surface area contributed by atoms with Crippen LogP contribution in [0.15, 0.2) is 17.2 Å². The van der Waals surface area contributed by atoms with Gasteiger partial charge in [0.2, 0.25) is 0 Å². The summed E-state index contributed by atoms with van der Waals surface area (Å²) in [5.41, 5.74) is 6.03. The monoisotopic (exact) mass is 250 g/mol. The highest BCUT2D eigenvalue weighted by Crippen LogP contribution is 2.19. The molecule has 0 radical (unpaired) electrons. The Labute approximate surface area is 107 Å². The van der Waals surface area contributed by atoms with Crippen LogP contribution in [0, 0.1) is 0 Å². The van der Waals surface area contributed by atoms with E-state index in [1.807, 2.05) is 0 Å². The van der Waals surface area contributed by atoms with Gasteiger partial charge in [-0.25, -0.2) is 4.98 Å². The molecule has 2 atom stereocenters. The van der Waals surface area contributed by atoms with Gasteiger partial charge in [0.25, 0.3) is 5.56 Å². The molecular weight excluding hydrogens is 228 g/mol. The van der Waals surface area contributed by atoms with Gasteiger partial charge in [0.1, 0.15) is 0 Å². The molecule has 1 aliphatic rings. The van der Waals surface area contributed by atoms with Crippen molar-refractivity contribution in [1.29, 1.82) is 0 Å².